The molecule has 7 heteroatoms. The van der Waals surface area contributed by atoms with Crippen molar-refractivity contribution < 1.29 is 19.1 Å². The number of amides is 3. The third-order valence-corrected chi connectivity index (χ3v) is 4.69. The monoisotopic (exact) mass is 425 g/mol. The van der Waals surface area contributed by atoms with Crippen molar-refractivity contribution >= 4 is 23.4 Å². The molecule has 0 spiro atoms. The van der Waals surface area contributed by atoms with Crippen LogP contribution in [0.15, 0.2) is 48.5 Å². The lowest BCUT2D eigenvalue weighted by Gasteiger charge is -2.23. The van der Waals surface area contributed by atoms with Gasteiger partial charge in [0.2, 0.25) is 5.91 Å². The van der Waals surface area contributed by atoms with Crippen LogP contribution in [-0.4, -0.2) is 37.4 Å². The highest BCUT2D eigenvalue weighted by atomic mass is 16.5. The Labute approximate surface area is 183 Å². The molecular formula is C24H31N3O4. The first-order valence-corrected chi connectivity index (χ1v) is 10.4. The summed E-state index contributed by atoms with van der Waals surface area (Å²) in [4.78, 5) is 38.1. The van der Waals surface area contributed by atoms with E-state index in [1.807, 2.05) is 27.7 Å². The van der Waals surface area contributed by atoms with Gasteiger partial charge in [-0.1, -0.05) is 39.8 Å². The molecule has 3 N–H and O–H groups in total. The molecule has 0 aliphatic rings. The lowest BCUT2D eigenvalue weighted by molar-refractivity contribution is -0.124. The predicted octanol–water partition coefficient (Wildman–Crippen LogP) is 3.47. The quantitative estimate of drug-likeness (QED) is 0.573. The molecule has 2 rings (SSSR count). The van der Waals surface area contributed by atoms with E-state index < -0.39 is 11.9 Å². The fraction of sp³-hybridized carbons (Fsp3) is 0.375. The average Bonchev–Trinajstić information content (AvgIpc) is 2.75. The van der Waals surface area contributed by atoms with E-state index in [1.54, 1.807) is 55.6 Å². The first kappa shape index (κ1) is 23.9. The van der Waals surface area contributed by atoms with E-state index in [1.165, 1.54) is 0 Å². The molecule has 0 radical (unpaired) electrons. The van der Waals surface area contributed by atoms with Gasteiger partial charge in [-0.05, 0) is 48.2 Å². The number of carbonyl (C=O) groups is 3. The predicted molar refractivity (Wildman–Crippen MR) is 121 cm³/mol. The fourth-order valence-corrected chi connectivity index (χ4v) is 2.90. The third kappa shape index (κ3) is 6.84. The Morgan fingerprint density at radius 3 is 2.13 bits per heavy atom. The summed E-state index contributed by atoms with van der Waals surface area (Å²) in [6.45, 7) is 8.29. The van der Waals surface area contributed by atoms with Gasteiger partial charge in [0.1, 0.15) is 11.8 Å². The summed E-state index contributed by atoms with van der Waals surface area (Å²) in [5.74, 6) is -0.149. The molecule has 1 unspecified atom stereocenters. The number of hydrogen-bond donors (Lipinski definition) is 3. The summed E-state index contributed by atoms with van der Waals surface area (Å²) >= 11 is 0. The van der Waals surface area contributed by atoms with Crippen molar-refractivity contribution in [3.8, 4) is 5.75 Å². The minimum absolute atomic E-state index is 0.0998. The van der Waals surface area contributed by atoms with Gasteiger partial charge in [0.25, 0.3) is 11.8 Å². The smallest absolute Gasteiger partial charge is 0.255 e. The Hall–Kier alpha value is -3.35. The number of para-hydroxylation sites is 1. The van der Waals surface area contributed by atoms with Gasteiger partial charge in [-0.25, -0.2) is 0 Å². The summed E-state index contributed by atoms with van der Waals surface area (Å²) in [5, 5.41) is 8.45. The van der Waals surface area contributed by atoms with E-state index in [-0.39, 0.29) is 23.3 Å². The Bertz CT molecular complexity index is 907. The van der Waals surface area contributed by atoms with Gasteiger partial charge in [-0.3, -0.25) is 14.4 Å². The van der Waals surface area contributed by atoms with Crippen LogP contribution < -0.4 is 20.7 Å². The number of ether oxygens (including phenoxy) is 1. The summed E-state index contributed by atoms with van der Waals surface area (Å²) in [7, 11) is 1.55. The molecule has 0 aliphatic carbocycles. The molecule has 2 aromatic rings. The highest BCUT2D eigenvalue weighted by molar-refractivity contribution is 6.09. The molecular weight excluding hydrogens is 394 g/mol. The van der Waals surface area contributed by atoms with Gasteiger partial charge in [0.05, 0.1) is 18.4 Å². The summed E-state index contributed by atoms with van der Waals surface area (Å²) < 4.78 is 5.11. The molecule has 0 heterocycles. The van der Waals surface area contributed by atoms with Crippen LogP contribution >= 0.6 is 0 Å². The molecule has 1 atom stereocenters. The van der Waals surface area contributed by atoms with Gasteiger partial charge in [-0.2, -0.15) is 0 Å². The van der Waals surface area contributed by atoms with Crippen LogP contribution in [0.3, 0.4) is 0 Å². The lowest BCUT2D eigenvalue weighted by Crippen LogP contribution is -2.50. The second kappa shape index (κ2) is 11.2. The molecule has 0 saturated heterocycles. The zero-order valence-electron chi connectivity index (χ0n) is 18.7. The van der Waals surface area contributed by atoms with Crippen LogP contribution in [0, 0.1) is 11.8 Å². The second-order valence-electron chi connectivity index (χ2n) is 8.06. The number of hydrogen-bond acceptors (Lipinski definition) is 4. The Balaban J connectivity index is 2.16. The maximum atomic E-state index is 13.0. The van der Waals surface area contributed by atoms with Gasteiger partial charge in [0.15, 0.2) is 0 Å². The summed E-state index contributed by atoms with van der Waals surface area (Å²) in [6.07, 6.45) is 0. The Kier molecular flexibility index (Phi) is 8.61. The molecule has 7 nitrogen and oxygen atoms in total. The minimum atomic E-state index is -0.684. The third-order valence-electron chi connectivity index (χ3n) is 4.69. The van der Waals surface area contributed by atoms with E-state index in [2.05, 4.69) is 16.0 Å². The average molecular weight is 426 g/mol. The first-order chi connectivity index (χ1) is 14.7. The molecule has 0 bridgehead atoms. The van der Waals surface area contributed by atoms with Crippen molar-refractivity contribution in [1.82, 2.24) is 10.6 Å². The summed E-state index contributed by atoms with van der Waals surface area (Å²) in [6, 6.07) is 12.7. The highest BCUT2D eigenvalue weighted by Gasteiger charge is 2.25. The van der Waals surface area contributed by atoms with Crippen molar-refractivity contribution in [1.29, 1.82) is 0 Å². The first-order valence-electron chi connectivity index (χ1n) is 10.4. The van der Waals surface area contributed by atoms with E-state index in [4.69, 9.17) is 4.74 Å². The summed E-state index contributed by atoms with van der Waals surface area (Å²) in [5.41, 5.74) is 1.08. The van der Waals surface area contributed by atoms with Crippen LogP contribution in [0.1, 0.15) is 48.4 Å². The molecule has 0 saturated carbocycles. The molecule has 0 fully saturated rings. The molecule has 31 heavy (non-hydrogen) atoms. The van der Waals surface area contributed by atoms with Crippen LogP contribution in [0.4, 0.5) is 5.69 Å². The Morgan fingerprint density at radius 1 is 0.903 bits per heavy atom. The second-order valence-corrected chi connectivity index (χ2v) is 8.06. The lowest BCUT2D eigenvalue weighted by atomic mass is 10.0. The fourth-order valence-electron chi connectivity index (χ4n) is 2.90. The van der Waals surface area contributed by atoms with Gasteiger partial charge in [0, 0.05) is 12.1 Å². The maximum absolute atomic E-state index is 13.0. The van der Waals surface area contributed by atoms with Crippen molar-refractivity contribution in [2.75, 3.05) is 19.0 Å². The Morgan fingerprint density at radius 2 is 1.55 bits per heavy atom. The van der Waals surface area contributed by atoms with Crippen molar-refractivity contribution in [2.24, 2.45) is 11.8 Å². The number of anilines is 1. The van der Waals surface area contributed by atoms with Crippen LogP contribution in [0.5, 0.6) is 5.75 Å². The molecule has 2 aromatic carbocycles. The van der Waals surface area contributed by atoms with Crippen LogP contribution in [-0.2, 0) is 4.79 Å². The number of rotatable bonds is 9. The topological polar surface area (TPSA) is 96.5 Å². The molecule has 0 aromatic heterocycles. The molecule has 166 valence electrons. The van der Waals surface area contributed by atoms with E-state index in [9.17, 15) is 14.4 Å². The zero-order chi connectivity index (χ0) is 23.0. The van der Waals surface area contributed by atoms with Gasteiger partial charge in [-0.15, -0.1) is 0 Å². The number of carbonyl (C=O) groups excluding carboxylic acids is 3. The van der Waals surface area contributed by atoms with Crippen molar-refractivity contribution in [3.63, 3.8) is 0 Å². The van der Waals surface area contributed by atoms with E-state index in [0.29, 0.717) is 29.5 Å². The van der Waals surface area contributed by atoms with Gasteiger partial charge >= 0.3 is 0 Å². The normalized spacial score (nSPS) is 11.7. The zero-order valence-corrected chi connectivity index (χ0v) is 18.7. The van der Waals surface area contributed by atoms with E-state index in [0.717, 1.165) is 0 Å². The van der Waals surface area contributed by atoms with Crippen molar-refractivity contribution in [3.05, 3.63) is 59.7 Å². The minimum Gasteiger partial charge on any atom is -0.497 e. The number of nitrogens with one attached hydrogen (secondary N) is 3. The molecule has 0 aliphatic heterocycles. The van der Waals surface area contributed by atoms with E-state index >= 15 is 0 Å². The highest BCUT2D eigenvalue weighted by Crippen LogP contribution is 2.18. The van der Waals surface area contributed by atoms with Crippen LogP contribution in [0.25, 0.3) is 0 Å². The number of benzene rings is 2. The largest absolute Gasteiger partial charge is 0.497 e. The number of methoxy groups -OCH3 is 1. The molecule has 3 amide bonds. The standard InChI is InChI=1S/C24H31N3O4/c1-15(2)14-25-24(30)21(16(3)4)27-23(29)19-8-6-7-9-20(19)26-22(28)17-10-12-18(31-5)13-11-17/h6-13,15-16,21H,14H2,1-5H3,(H,25,30)(H,26,28)(H,27,29). The SMILES string of the molecule is COc1ccc(C(=O)Nc2ccccc2C(=O)NC(C(=O)NCC(C)C)C(C)C)cc1. The maximum Gasteiger partial charge on any atom is 0.255 e. The van der Waals surface area contributed by atoms with Crippen LogP contribution in [0.2, 0.25) is 0 Å². The van der Waals surface area contributed by atoms with Crippen molar-refractivity contribution in [2.45, 2.75) is 33.7 Å². The van der Waals surface area contributed by atoms with Gasteiger partial charge < -0.3 is 20.7 Å².